The molecule has 4 aromatic carbocycles. The van der Waals surface area contributed by atoms with E-state index < -0.39 is 0 Å². The minimum absolute atomic E-state index is 0. The molecule has 0 aliphatic carbocycles. The van der Waals surface area contributed by atoms with E-state index in [-0.39, 0.29) is 7.43 Å². The Morgan fingerprint density at radius 1 is 0.385 bits per heavy atom. The Morgan fingerprint density at radius 2 is 0.808 bits per heavy atom. The lowest BCUT2D eigenvalue weighted by molar-refractivity contribution is 1.47. The fraction of sp³-hybridized carbons (Fsp3) is 0.0769. The van der Waals surface area contributed by atoms with Crippen molar-refractivity contribution >= 4 is 0 Å². The summed E-state index contributed by atoms with van der Waals surface area (Å²) in [6, 6.07) is 36.7. The van der Waals surface area contributed by atoms with Crippen molar-refractivity contribution < 1.29 is 0 Å². The Kier molecular flexibility index (Phi) is 5.34. The van der Waals surface area contributed by atoms with Crippen LogP contribution >= 0.6 is 0 Å². The van der Waals surface area contributed by atoms with Crippen molar-refractivity contribution in [3.05, 3.63) is 109 Å². The normalized spacial score (nSPS) is 10.2. The van der Waals surface area contributed by atoms with Gasteiger partial charge in [0.05, 0.1) is 0 Å². The van der Waals surface area contributed by atoms with E-state index in [1.807, 2.05) is 0 Å². The molecule has 0 aliphatic heterocycles. The van der Waals surface area contributed by atoms with Crippen LogP contribution in [0.4, 0.5) is 0 Å². The van der Waals surface area contributed by atoms with Gasteiger partial charge in [0.15, 0.2) is 0 Å². The predicted octanol–water partition coefficient (Wildman–Crippen LogP) is 7.63. The van der Waals surface area contributed by atoms with Gasteiger partial charge in [-0.15, -0.1) is 0 Å². The first-order valence-corrected chi connectivity index (χ1v) is 8.62. The number of benzene rings is 4. The average Bonchev–Trinajstić information content (AvgIpc) is 2.69. The molecule has 4 aromatic rings. The van der Waals surface area contributed by atoms with Crippen LogP contribution in [0, 0.1) is 6.92 Å². The lowest BCUT2D eigenvalue weighted by atomic mass is 9.96. The summed E-state index contributed by atoms with van der Waals surface area (Å²) in [6.45, 7) is 2.13. The second kappa shape index (κ2) is 7.84. The molecule has 0 nitrogen and oxygen atoms in total. The maximum absolute atomic E-state index is 2.27. The highest BCUT2D eigenvalue weighted by Gasteiger charge is 2.03. The standard InChI is InChI=1S/C25H20.CH4/c1-19-7-5-10-23(17-19)25-12-6-11-24(18-25)22-15-13-21(14-16-22)20-8-3-2-4-9-20;/h2-18H,1H3;1H4. The molecule has 26 heavy (non-hydrogen) atoms. The van der Waals surface area contributed by atoms with E-state index in [4.69, 9.17) is 0 Å². The number of aryl methyl sites for hydroxylation is 1. The highest BCUT2D eigenvalue weighted by Crippen LogP contribution is 2.28. The van der Waals surface area contributed by atoms with Crippen molar-refractivity contribution in [3.8, 4) is 33.4 Å². The van der Waals surface area contributed by atoms with Crippen molar-refractivity contribution in [2.24, 2.45) is 0 Å². The molecule has 0 fully saturated rings. The molecular weight excluding hydrogens is 312 g/mol. The van der Waals surface area contributed by atoms with E-state index in [1.54, 1.807) is 0 Å². The van der Waals surface area contributed by atoms with Gasteiger partial charge < -0.3 is 0 Å². The fourth-order valence-corrected chi connectivity index (χ4v) is 3.19. The van der Waals surface area contributed by atoms with Crippen LogP contribution in [-0.4, -0.2) is 0 Å². The van der Waals surface area contributed by atoms with Gasteiger partial charge in [0.1, 0.15) is 0 Å². The van der Waals surface area contributed by atoms with Crippen molar-refractivity contribution in [1.82, 2.24) is 0 Å². The van der Waals surface area contributed by atoms with Crippen LogP contribution in [0.3, 0.4) is 0 Å². The smallest absolute Gasteiger partial charge is 0.0178 e. The highest BCUT2D eigenvalue weighted by atomic mass is 14.1. The van der Waals surface area contributed by atoms with Gasteiger partial charge >= 0.3 is 0 Å². The SMILES string of the molecule is C.Cc1cccc(-c2cccc(-c3ccc(-c4ccccc4)cc3)c2)c1. The van der Waals surface area contributed by atoms with Crippen LogP contribution in [0.25, 0.3) is 33.4 Å². The molecule has 0 heterocycles. The topological polar surface area (TPSA) is 0 Å². The van der Waals surface area contributed by atoms with Gasteiger partial charge in [0.2, 0.25) is 0 Å². The maximum atomic E-state index is 2.27. The molecule has 128 valence electrons. The van der Waals surface area contributed by atoms with Crippen molar-refractivity contribution in [2.75, 3.05) is 0 Å². The summed E-state index contributed by atoms with van der Waals surface area (Å²) in [4.78, 5) is 0. The number of hydrogen-bond donors (Lipinski definition) is 0. The lowest BCUT2D eigenvalue weighted by Crippen LogP contribution is -1.83. The number of rotatable bonds is 3. The molecule has 0 aromatic heterocycles. The molecule has 0 atom stereocenters. The third-order valence-corrected chi connectivity index (χ3v) is 4.54. The summed E-state index contributed by atoms with van der Waals surface area (Å²) >= 11 is 0. The van der Waals surface area contributed by atoms with Crippen molar-refractivity contribution in [3.63, 3.8) is 0 Å². The van der Waals surface area contributed by atoms with E-state index in [9.17, 15) is 0 Å². The molecule has 0 radical (unpaired) electrons. The first-order chi connectivity index (χ1) is 12.3. The molecule has 0 amide bonds. The van der Waals surface area contributed by atoms with E-state index >= 15 is 0 Å². The van der Waals surface area contributed by atoms with E-state index in [1.165, 1.54) is 38.9 Å². The molecule has 0 unspecified atom stereocenters. The van der Waals surface area contributed by atoms with Crippen LogP contribution < -0.4 is 0 Å². The minimum atomic E-state index is 0. The summed E-state index contributed by atoms with van der Waals surface area (Å²) in [5, 5.41) is 0. The van der Waals surface area contributed by atoms with E-state index in [2.05, 4.69) is 110 Å². The zero-order chi connectivity index (χ0) is 17.1. The molecule has 0 N–H and O–H groups in total. The van der Waals surface area contributed by atoms with Crippen LogP contribution in [0.15, 0.2) is 103 Å². The van der Waals surface area contributed by atoms with Gasteiger partial charge in [0, 0.05) is 0 Å². The summed E-state index contributed by atoms with van der Waals surface area (Å²) in [6.07, 6.45) is 0. The van der Waals surface area contributed by atoms with Crippen molar-refractivity contribution in [1.29, 1.82) is 0 Å². The Morgan fingerprint density at radius 3 is 1.42 bits per heavy atom. The molecule has 0 bridgehead atoms. The van der Waals surface area contributed by atoms with E-state index in [0.717, 1.165) is 0 Å². The summed E-state index contributed by atoms with van der Waals surface area (Å²) in [7, 11) is 0. The monoisotopic (exact) mass is 336 g/mol. The Bertz CT molecular complexity index is 980. The third-order valence-electron chi connectivity index (χ3n) is 4.54. The number of hydrogen-bond acceptors (Lipinski definition) is 0. The van der Waals surface area contributed by atoms with Crippen LogP contribution in [0.2, 0.25) is 0 Å². The highest BCUT2D eigenvalue weighted by molar-refractivity contribution is 5.75. The van der Waals surface area contributed by atoms with E-state index in [0.29, 0.717) is 0 Å². The van der Waals surface area contributed by atoms with Crippen LogP contribution in [0.1, 0.15) is 13.0 Å². The second-order valence-electron chi connectivity index (χ2n) is 6.39. The van der Waals surface area contributed by atoms with Crippen molar-refractivity contribution in [2.45, 2.75) is 14.4 Å². The summed E-state index contributed by atoms with van der Waals surface area (Å²) in [5.41, 5.74) is 8.81. The molecular formula is C26H24. The minimum Gasteiger partial charge on any atom is -0.0776 e. The first-order valence-electron chi connectivity index (χ1n) is 8.62. The van der Waals surface area contributed by atoms with Gasteiger partial charge in [-0.25, -0.2) is 0 Å². The summed E-state index contributed by atoms with van der Waals surface area (Å²) < 4.78 is 0. The maximum Gasteiger partial charge on any atom is -0.0178 e. The first kappa shape index (κ1) is 17.7. The quantitative estimate of drug-likeness (QED) is 0.361. The van der Waals surface area contributed by atoms with Gasteiger partial charge in [-0.05, 0) is 46.4 Å². The molecule has 0 heteroatoms. The van der Waals surface area contributed by atoms with Crippen LogP contribution in [0.5, 0.6) is 0 Å². The molecule has 4 rings (SSSR count). The molecule has 0 spiro atoms. The molecule has 0 saturated carbocycles. The Balaban J connectivity index is 0.00000196. The van der Waals surface area contributed by atoms with Gasteiger partial charge in [-0.2, -0.15) is 0 Å². The summed E-state index contributed by atoms with van der Waals surface area (Å²) in [5.74, 6) is 0. The second-order valence-corrected chi connectivity index (χ2v) is 6.39. The largest absolute Gasteiger partial charge is 0.0776 e. The zero-order valence-corrected chi connectivity index (χ0v) is 14.3. The zero-order valence-electron chi connectivity index (χ0n) is 14.3. The average molecular weight is 336 g/mol. The predicted molar refractivity (Wildman–Crippen MR) is 114 cm³/mol. The molecule has 0 aliphatic rings. The Hall–Kier alpha value is -3.12. The van der Waals surface area contributed by atoms with Crippen LogP contribution in [-0.2, 0) is 0 Å². The third kappa shape index (κ3) is 3.75. The molecule has 0 saturated heterocycles. The van der Waals surface area contributed by atoms with Gasteiger partial charge in [-0.3, -0.25) is 0 Å². The Labute approximate surface area is 156 Å². The van der Waals surface area contributed by atoms with Gasteiger partial charge in [-0.1, -0.05) is 110 Å². The fourth-order valence-electron chi connectivity index (χ4n) is 3.19. The van der Waals surface area contributed by atoms with Gasteiger partial charge in [0.25, 0.3) is 0 Å². The lowest BCUT2D eigenvalue weighted by Gasteiger charge is -2.08.